The first-order valence-corrected chi connectivity index (χ1v) is 25.8. The largest absolute Gasteiger partial charge is 0.462 e. The Morgan fingerprint density at radius 2 is 0.559 bits per heavy atom. The van der Waals surface area contributed by atoms with Crippen molar-refractivity contribution in [2.45, 2.75) is 284 Å². The van der Waals surface area contributed by atoms with E-state index in [4.69, 9.17) is 14.2 Å². The summed E-state index contributed by atoms with van der Waals surface area (Å²) in [5.74, 6) is -0.890. The number of hydrogen-bond acceptors (Lipinski definition) is 6. The van der Waals surface area contributed by atoms with Crippen molar-refractivity contribution in [3.63, 3.8) is 0 Å². The van der Waals surface area contributed by atoms with E-state index in [9.17, 15) is 14.4 Å². The minimum absolute atomic E-state index is 0.0762. The van der Waals surface area contributed by atoms with Crippen LogP contribution < -0.4 is 0 Å². The third kappa shape index (κ3) is 46.8. The summed E-state index contributed by atoms with van der Waals surface area (Å²) >= 11 is 0. The van der Waals surface area contributed by atoms with Crippen molar-refractivity contribution in [2.24, 2.45) is 0 Å². The van der Waals surface area contributed by atoms with Crippen LogP contribution in [0.5, 0.6) is 0 Å². The Morgan fingerprint density at radius 3 is 0.898 bits per heavy atom. The summed E-state index contributed by atoms with van der Waals surface area (Å²) < 4.78 is 16.8. The predicted molar refractivity (Wildman–Crippen MR) is 252 cm³/mol. The zero-order chi connectivity index (χ0) is 43.0. The number of ether oxygens (including phenoxy) is 3. The van der Waals surface area contributed by atoms with Crippen LogP contribution in [0.4, 0.5) is 0 Å². The summed E-state index contributed by atoms with van der Waals surface area (Å²) in [4.78, 5) is 37.9. The Kier molecular flexibility index (Phi) is 46.8. The van der Waals surface area contributed by atoms with E-state index in [-0.39, 0.29) is 31.1 Å². The Bertz CT molecular complexity index is 958. The molecule has 59 heavy (non-hydrogen) atoms. The SMILES string of the molecule is CCCCC/C=C\CCCCCCCC(=O)OCC(COC(=O)CCCCCCCCCCCCCCCCC)OC(=O)CCCCC/C=C\CCCCCCCCC. The average molecular weight is 831 g/mol. The first-order chi connectivity index (χ1) is 29.0. The predicted octanol–water partition coefficient (Wildman–Crippen LogP) is 16.8. The van der Waals surface area contributed by atoms with E-state index in [2.05, 4.69) is 45.1 Å². The molecule has 1 atom stereocenters. The highest BCUT2D eigenvalue weighted by Crippen LogP contribution is 2.15. The van der Waals surface area contributed by atoms with Crippen molar-refractivity contribution in [1.82, 2.24) is 0 Å². The smallest absolute Gasteiger partial charge is 0.306 e. The van der Waals surface area contributed by atoms with Gasteiger partial charge in [0.05, 0.1) is 0 Å². The lowest BCUT2D eigenvalue weighted by molar-refractivity contribution is -0.167. The van der Waals surface area contributed by atoms with Crippen LogP contribution in [0.15, 0.2) is 24.3 Å². The van der Waals surface area contributed by atoms with Crippen molar-refractivity contribution in [1.29, 1.82) is 0 Å². The molecular formula is C53H98O6. The van der Waals surface area contributed by atoms with E-state index < -0.39 is 6.10 Å². The molecule has 0 aliphatic heterocycles. The Hall–Kier alpha value is -2.11. The molecule has 0 saturated carbocycles. The highest BCUT2D eigenvalue weighted by molar-refractivity contribution is 5.71. The van der Waals surface area contributed by atoms with Gasteiger partial charge in [0.1, 0.15) is 13.2 Å². The van der Waals surface area contributed by atoms with Crippen LogP contribution in [0, 0.1) is 0 Å². The van der Waals surface area contributed by atoms with Gasteiger partial charge in [-0.15, -0.1) is 0 Å². The molecular weight excluding hydrogens is 733 g/mol. The van der Waals surface area contributed by atoms with Crippen molar-refractivity contribution in [3.8, 4) is 0 Å². The van der Waals surface area contributed by atoms with Crippen LogP contribution in [0.25, 0.3) is 0 Å². The second-order valence-corrected chi connectivity index (χ2v) is 17.4. The maximum absolute atomic E-state index is 12.8. The molecule has 0 radical (unpaired) electrons. The maximum atomic E-state index is 12.8. The standard InChI is InChI=1S/C53H98O6/c1-4-7-10-13-16-19-22-25-27-29-31-34-37-40-43-46-52(55)58-49-50(48-57-51(54)45-42-39-36-33-30-24-21-18-15-12-9-6-3)59-53(56)47-44-41-38-35-32-28-26-23-20-17-14-11-8-5-2/h18,21,28,32,50H,4-17,19-20,22-27,29-31,33-49H2,1-3H3/b21-18-,32-28-. The second kappa shape index (κ2) is 48.6. The topological polar surface area (TPSA) is 78.9 Å². The lowest BCUT2D eigenvalue weighted by Crippen LogP contribution is -2.30. The number of rotatable bonds is 47. The fourth-order valence-corrected chi connectivity index (χ4v) is 7.49. The van der Waals surface area contributed by atoms with E-state index in [0.717, 1.165) is 77.0 Å². The quantitative estimate of drug-likeness (QED) is 0.0263. The molecule has 0 spiro atoms. The minimum atomic E-state index is -0.777. The van der Waals surface area contributed by atoms with Crippen LogP contribution >= 0.6 is 0 Å². The minimum Gasteiger partial charge on any atom is -0.462 e. The van der Waals surface area contributed by atoms with Crippen molar-refractivity contribution >= 4 is 17.9 Å². The molecule has 0 rings (SSSR count). The summed E-state index contributed by atoms with van der Waals surface area (Å²) in [7, 11) is 0. The zero-order valence-electron chi connectivity index (χ0n) is 39.5. The maximum Gasteiger partial charge on any atom is 0.306 e. The number of allylic oxidation sites excluding steroid dienone is 4. The van der Waals surface area contributed by atoms with Crippen LogP contribution in [-0.4, -0.2) is 37.2 Å². The normalized spacial score (nSPS) is 12.1. The lowest BCUT2D eigenvalue weighted by Gasteiger charge is -2.18. The van der Waals surface area contributed by atoms with Gasteiger partial charge < -0.3 is 14.2 Å². The Morgan fingerprint density at radius 1 is 0.322 bits per heavy atom. The summed E-state index contributed by atoms with van der Waals surface area (Å²) in [6.07, 6.45) is 54.4. The molecule has 0 fully saturated rings. The molecule has 0 aromatic carbocycles. The fourth-order valence-electron chi connectivity index (χ4n) is 7.49. The fraction of sp³-hybridized carbons (Fsp3) is 0.868. The van der Waals surface area contributed by atoms with Crippen molar-refractivity contribution in [2.75, 3.05) is 13.2 Å². The number of esters is 3. The first-order valence-electron chi connectivity index (χ1n) is 25.8. The Balaban J connectivity index is 4.36. The van der Waals surface area contributed by atoms with Crippen molar-refractivity contribution < 1.29 is 28.6 Å². The van der Waals surface area contributed by atoms with Gasteiger partial charge in [0.2, 0.25) is 0 Å². The molecule has 0 heterocycles. The molecule has 6 heteroatoms. The summed E-state index contributed by atoms with van der Waals surface area (Å²) in [5, 5.41) is 0. The lowest BCUT2D eigenvalue weighted by atomic mass is 10.0. The molecule has 0 aliphatic rings. The van der Waals surface area contributed by atoms with Gasteiger partial charge in [-0.1, -0.05) is 212 Å². The highest BCUT2D eigenvalue weighted by Gasteiger charge is 2.19. The van der Waals surface area contributed by atoms with Crippen LogP contribution in [0.1, 0.15) is 278 Å². The number of carbonyl (C=O) groups is 3. The molecule has 0 saturated heterocycles. The van der Waals surface area contributed by atoms with Crippen LogP contribution in [0.2, 0.25) is 0 Å². The third-order valence-electron chi connectivity index (χ3n) is 11.4. The van der Waals surface area contributed by atoms with Gasteiger partial charge in [-0.25, -0.2) is 0 Å². The van der Waals surface area contributed by atoms with Gasteiger partial charge in [-0.2, -0.15) is 0 Å². The molecule has 346 valence electrons. The zero-order valence-corrected chi connectivity index (χ0v) is 39.5. The number of carbonyl (C=O) groups excluding carboxylic acids is 3. The molecule has 6 nitrogen and oxygen atoms in total. The number of hydrogen-bond donors (Lipinski definition) is 0. The summed E-state index contributed by atoms with van der Waals surface area (Å²) in [6, 6.07) is 0. The van der Waals surface area contributed by atoms with Gasteiger partial charge in [0.25, 0.3) is 0 Å². The molecule has 0 amide bonds. The molecule has 0 aliphatic carbocycles. The summed E-state index contributed by atoms with van der Waals surface area (Å²) in [6.45, 7) is 6.61. The molecule has 0 N–H and O–H groups in total. The molecule has 0 aromatic rings. The van der Waals surface area contributed by atoms with E-state index in [1.807, 2.05) is 0 Å². The van der Waals surface area contributed by atoms with Gasteiger partial charge in [0, 0.05) is 19.3 Å². The summed E-state index contributed by atoms with van der Waals surface area (Å²) in [5.41, 5.74) is 0. The van der Waals surface area contributed by atoms with Crippen LogP contribution in [-0.2, 0) is 28.6 Å². The van der Waals surface area contributed by atoms with Gasteiger partial charge in [0.15, 0.2) is 6.10 Å². The van der Waals surface area contributed by atoms with E-state index in [0.29, 0.717) is 19.3 Å². The molecule has 0 aromatic heterocycles. The van der Waals surface area contributed by atoms with E-state index >= 15 is 0 Å². The highest BCUT2D eigenvalue weighted by atomic mass is 16.6. The average Bonchev–Trinajstić information content (AvgIpc) is 3.23. The van der Waals surface area contributed by atoms with Gasteiger partial charge in [-0.05, 0) is 70.6 Å². The van der Waals surface area contributed by atoms with E-state index in [1.54, 1.807) is 0 Å². The Labute approximate surface area is 366 Å². The van der Waals surface area contributed by atoms with Crippen molar-refractivity contribution in [3.05, 3.63) is 24.3 Å². The third-order valence-corrected chi connectivity index (χ3v) is 11.4. The second-order valence-electron chi connectivity index (χ2n) is 17.4. The first kappa shape index (κ1) is 56.9. The molecule has 0 bridgehead atoms. The number of unbranched alkanes of at least 4 members (excludes halogenated alkanes) is 32. The van der Waals surface area contributed by atoms with Gasteiger partial charge in [-0.3, -0.25) is 14.4 Å². The van der Waals surface area contributed by atoms with Crippen LogP contribution in [0.3, 0.4) is 0 Å². The monoisotopic (exact) mass is 831 g/mol. The van der Waals surface area contributed by atoms with E-state index in [1.165, 1.54) is 161 Å². The molecule has 1 unspecified atom stereocenters. The van der Waals surface area contributed by atoms with Gasteiger partial charge >= 0.3 is 17.9 Å².